The number of ether oxygens (including phenoxy) is 3. The highest BCUT2D eigenvalue weighted by Gasteiger charge is 2.73. The molecule has 2 aliphatic heterocycles. The van der Waals surface area contributed by atoms with Crippen molar-refractivity contribution in [3.05, 3.63) is 23.3 Å². The zero-order valence-electron chi connectivity index (χ0n) is 15.4. The van der Waals surface area contributed by atoms with Crippen LogP contribution in [0.2, 0.25) is 0 Å². The lowest BCUT2D eigenvalue weighted by molar-refractivity contribution is -0.148. The molecule has 0 unspecified atom stereocenters. The summed E-state index contributed by atoms with van der Waals surface area (Å²) < 4.78 is 15.5. The Bertz CT molecular complexity index is 715. The number of rotatable bonds is 3. The molecular weight excluding hydrogens is 338 g/mol. The first kappa shape index (κ1) is 17.7. The van der Waals surface area contributed by atoms with Crippen LogP contribution in [0.4, 0.5) is 0 Å². The molecule has 142 valence electrons. The summed E-state index contributed by atoms with van der Waals surface area (Å²) in [5, 5.41) is 10.4. The summed E-state index contributed by atoms with van der Waals surface area (Å²) in [5.74, 6) is -0.627. The molecule has 5 atom stereocenters. The molecule has 0 bridgehead atoms. The van der Waals surface area contributed by atoms with Gasteiger partial charge in [-0.3, -0.25) is 9.69 Å². The lowest BCUT2D eigenvalue weighted by atomic mass is 9.66. The topological polar surface area (TPSA) is 85.3 Å². The molecule has 26 heavy (non-hydrogen) atoms. The molecule has 0 aromatic rings. The fourth-order valence-electron chi connectivity index (χ4n) is 5.47. The number of carbonyl (C=O) groups is 2. The minimum absolute atomic E-state index is 0.142. The fraction of sp³-hybridized carbons (Fsp3) is 0.684. The van der Waals surface area contributed by atoms with Gasteiger partial charge in [0.1, 0.15) is 0 Å². The van der Waals surface area contributed by atoms with Crippen molar-refractivity contribution in [2.75, 3.05) is 34.4 Å². The number of esters is 2. The Labute approximate surface area is 152 Å². The smallest absolute Gasteiger partial charge is 0.330 e. The molecule has 0 amide bonds. The lowest BCUT2D eigenvalue weighted by Gasteiger charge is -2.51. The van der Waals surface area contributed by atoms with Crippen LogP contribution in [0.5, 0.6) is 0 Å². The lowest BCUT2D eigenvalue weighted by Crippen LogP contribution is -2.59. The summed E-state index contributed by atoms with van der Waals surface area (Å²) >= 11 is 0. The van der Waals surface area contributed by atoms with Gasteiger partial charge < -0.3 is 19.3 Å². The molecule has 0 aromatic carbocycles. The van der Waals surface area contributed by atoms with Gasteiger partial charge in [0.2, 0.25) is 0 Å². The molecule has 7 nitrogen and oxygen atoms in total. The maximum atomic E-state index is 12.8. The number of hydrogen-bond acceptors (Lipinski definition) is 7. The normalized spacial score (nSPS) is 42.4. The molecular formula is C19H25NO6. The maximum absolute atomic E-state index is 12.8. The Kier molecular flexibility index (Phi) is 4.02. The monoisotopic (exact) mass is 363 g/mol. The number of fused-ring (bicyclic) bond motifs is 1. The zero-order chi connectivity index (χ0) is 18.7. The summed E-state index contributed by atoms with van der Waals surface area (Å²) in [7, 11) is 4.30. The van der Waals surface area contributed by atoms with Gasteiger partial charge in [-0.25, -0.2) is 4.79 Å². The van der Waals surface area contributed by atoms with Crippen LogP contribution in [0.15, 0.2) is 23.3 Å². The van der Waals surface area contributed by atoms with Gasteiger partial charge in [0, 0.05) is 32.7 Å². The molecule has 2 aliphatic carbocycles. The van der Waals surface area contributed by atoms with E-state index in [1.807, 2.05) is 6.08 Å². The van der Waals surface area contributed by atoms with E-state index in [2.05, 4.69) is 4.90 Å². The maximum Gasteiger partial charge on any atom is 0.330 e. The van der Waals surface area contributed by atoms with Crippen molar-refractivity contribution < 1.29 is 28.9 Å². The van der Waals surface area contributed by atoms with Crippen LogP contribution in [0.3, 0.4) is 0 Å². The predicted octanol–water partition coefficient (Wildman–Crippen LogP) is 0.429. The van der Waals surface area contributed by atoms with Crippen molar-refractivity contribution in [1.29, 1.82) is 0 Å². The van der Waals surface area contributed by atoms with E-state index in [9.17, 15) is 14.7 Å². The third kappa shape index (κ3) is 2.11. The van der Waals surface area contributed by atoms with Crippen molar-refractivity contribution in [1.82, 2.24) is 4.90 Å². The molecule has 0 aromatic heterocycles. The second kappa shape index (κ2) is 5.90. The van der Waals surface area contributed by atoms with E-state index in [0.29, 0.717) is 12.8 Å². The van der Waals surface area contributed by atoms with Gasteiger partial charge in [-0.1, -0.05) is 6.08 Å². The summed E-state index contributed by atoms with van der Waals surface area (Å²) in [5.41, 5.74) is 0.443. The minimum Gasteiger partial charge on any atom is -0.468 e. The SMILES string of the molecule is COC(=O)C=C1[C@]2(C(=O)OC)C[C@@H]2CN2CCC3=C[C@H](O)[C@H](OC)C[C@]312. The average Bonchev–Trinajstić information content (AvgIpc) is 3.27. The second-order valence-corrected chi connectivity index (χ2v) is 7.66. The molecule has 1 spiro atoms. The van der Waals surface area contributed by atoms with Crippen LogP contribution < -0.4 is 0 Å². The molecule has 1 N–H and O–H groups in total. The van der Waals surface area contributed by atoms with Gasteiger partial charge in [0.05, 0.1) is 37.4 Å². The van der Waals surface area contributed by atoms with Crippen LogP contribution in [0, 0.1) is 11.3 Å². The van der Waals surface area contributed by atoms with Crippen LogP contribution in [-0.2, 0) is 23.8 Å². The van der Waals surface area contributed by atoms with E-state index in [4.69, 9.17) is 14.2 Å². The Morgan fingerprint density at radius 3 is 2.69 bits per heavy atom. The highest BCUT2D eigenvalue weighted by molar-refractivity contribution is 5.91. The first-order valence-corrected chi connectivity index (χ1v) is 9.00. The Morgan fingerprint density at radius 2 is 2.04 bits per heavy atom. The quantitative estimate of drug-likeness (QED) is 0.442. The number of aliphatic hydroxyl groups is 1. The predicted molar refractivity (Wildman–Crippen MR) is 91.1 cm³/mol. The van der Waals surface area contributed by atoms with Gasteiger partial charge in [-0.15, -0.1) is 0 Å². The Hall–Kier alpha value is -1.70. The van der Waals surface area contributed by atoms with E-state index in [1.165, 1.54) is 20.3 Å². The summed E-state index contributed by atoms with van der Waals surface area (Å²) in [6, 6.07) is 0. The van der Waals surface area contributed by atoms with Crippen molar-refractivity contribution >= 4 is 11.9 Å². The number of hydrogen-bond donors (Lipinski definition) is 1. The first-order valence-electron chi connectivity index (χ1n) is 9.00. The second-order valence-electron chi connectivity index (χ2n) is 7.66. The highest BCUT2D eigenvalue weighted by atomic mass is 16.5. The molecule has 1 saturated carbocycles. The Balaban J connectivity index is 1.90. The van der Waals surface area contributed by atoms with E-state index >= 15 is 0 Å². The van der Waals surface area contributed by atoms with Gasteiger partial charge in [0.15, 0.2) is 0 Å². The van der Waals surface area contributed by atoms with E-state index in [0.717, 1.165) is 30.7 Å². The summed E-state index contributed by atoms with van der Waals surface area (Å²) in [4.78, 5) is 27.3. The number of nitrogens with zero attached hydrogens (tertiary/aromatic N) is 1. The third-order valence-corrected chi connectivity index (χ3v) is 6.76. The fourth-order valence-corrected chi connectivity index (χ4v) is 5.47. The van der Waals surface area contributed by atoms with Crippen LogP contribution >= 0.6 is 0 Å². The van der Waals surface area contributed by atoms with Crippen LogP contribution in [0.1, 0.15) is 19.3 Å². The van der Waals surface area contributed by atoms with Crippen molar-refractivity contribution in [2.24, 2.45) is 11.3 Å². The molecule has 4 rings (SSSR count). The van der Waals surface area contributed by atoms with Crippen molar-refractivity contribution in [3.63, 3.8) is 0 Å². The highest BCUT2D eigenvalue weighted by Crippen LogP contribution is 2.69. The largest absolute Gasteiger partial charge is 0.468 e. The molecule has 2 saturated heterocycles. The zero-order valence-corrected chi connectivity index (χ0v) is 15.4. The van der Waals surface area contributed by atoms with Crippen molar-refractivity contribution in [3.8, 4) is 0 Å². The molecule has 3 fully saturated rings. The number of carbonyl (C=O) groups excluding carboxylic acids is 2. The standard InChI is InChI=1S/C19H25NO6/c1-24-14-9-19-11(6-13(14)21)4-5-20(19)10-12-8-18(12,17(23)26-3)15(19)7-16(22)25-2/h6-7,12-14,21H,4-5,8-10H2,1-3H3/t12-,13+,14-,18+,19+/m1/s1. The number of aliphatic hydroxyl groups excluding tert-OH is 1. The van der Waals surface area contributed by atoms with Crippen molar-refractivity contribution in [2.45, 2.75) is 37.0 Å². The first-order chi connectivity index (χ1) is 12.4. The average molecular weight is 363 g/mol. The number of methoxy groups -OCH3 is 3. The van der Waals surface area contributed by atoms with Gasteiger partial charge in [-0.2, -0.15) is 0 Å². The molecule has 7 heteroatoms. The molecule has 0 radical (unpaired) electrons. The van der Waals surface area contributed by atoms with Gasteiger partial charge in [0.25, 0.3) is 0 Å². The minimum atomic E-state index is -0.774. The van der Waals surface area contributed by atoms with Gasteiger partial charge in [-0.05, 0) is 29.9 Å². The van der Waals surface area contributed by atoms with E-state index in [1.54, 1.807) is 7.11 Å². The van der Waals surface area contributed by atoms with Gasteiger partial charge >= 0.3 is 11.9 Å². The molecule has 4 aliphatic rings. The number of piperidine rings is 1. The third-order valence-electron chi connectivity index (χ3n) is 6.76. The van der Waals surface area contributed by atoms with E-state index in [-0.39, 0.29) is 11.9 Å². The molecule has 2 heterocycles. The van der Waals surface area contributed by atoms with Crippen LogP contribution in [0.25, 0.3) is 0 Å². The van der Waals surface area contributed by atoms with E-state index < -0.39 is 29.1 Å². The summed E-state index contributed by atoms with van der Waals surface area (Å²) in [6.07, 6.45) is 4.22. The van der Waals surface area contributed by atoms with Crippen LogP contribution in [-0.4, -0.2) is 74.1 Å². The Morgan fingerprint density at radius 1 is 1.27 bits per heavy atom. The summed E-state index contributed by atoms with van der Waals surface area (Å²) in [6.45, 7) is 1.61.